The topological polar surface area (TPSA) is 38.1 Å². The Labute approximate surface area is 115 Å². The minimum absolute atomic E-state index is 0.392. The molecular weight excluding hydrogens is 268 g/mol. The van der Waals surface area contributed by atoms with Crippen molar-refractivity contribution in [3.05, 3.63) is 38.4 Å². The number of hydrogen-bond acceptors (Lipinski definition) is 4. The molecule has 1 aliphatic carbocycles. The van der Waals surface area contributed by atoms with Gasteiger partial charge in [0.15, 0.2) is 5.76 Å². The number of hydrogen-bond donors (Lipinski definition) is 1. The van der Waals surface area contributed by atoms with Crippen LogP contribution in [0.25, 0.3) is 0 Å². The molecule has 18 heavy (non-hydrogen) atoms. The summed E-state index contributed by atoms with van der Waals surface area (Å²) < 4.78 is 6.11. The molecule has 2 aromatic heterocycles. The van der Waals surface area contributed by atoms with E-state index in [0.717, 1.165) is 35.2 Å². The molecule has 2 heterocycles. The van der Waals surface area contributed by atoms with Crippen molar-refractivity contribution in [3.8, 4) is 0 Å². The van der Waals surface area contributed by atoms with Crippen LogP contribution >= 0.6 is 22.9 Å². The van der Waals surface area contributed by atoms with Crippen LogP contribution in [-0.4, -0.2) is 5.16 Å². The van der Waals surface area contributed by atoms with E-state index in [4.69, 9.17) is 16.1 Å². The van der Waals surface area contributed by atoms with Gasteiger partial charge in [-0.15, -0.1) is 11.3 Å². The van der Waals surface area contributed by atoms with Crippen LogP contribution in [0.5, 0.6) is 0 Å². The highest BCUT2D eigenvalue weighted by Gasteiger charge is 2.22. The van der Waals surface area contributed by atoms with Crippen molar-refractivity contribution in [1.29, 1.82) is 0 Å². The van der Waals surface area contributed by atoms with Crippen molar-refractivity contribution < 1.29 is 4.52 Å². The van der Waals surface area contributed by atoms with Gasteiger partial charge in [-0.3, -0.25) is 0 Å². The minimum atomic E-state index is 0.392. The van der Waals surface area contributed by atoms with E-state index >= 15 is 0 Å². The predicted octanol–water partition coefficient (Wildman–Crippen LogP) is 3.87. The lowest BCUT2D eigenvalue weighted by molar-refractivity contribution is 0.353. The Bertz CT molecular complexity index is 549. The standard InChI is InChI=1S/C13H15ClN2OS/c1-8-5-9(17-16-8)7-15-11-3-2-4-12-10(11)6-13(14)18-12/h5-6,11,15H,2-4,7H2,1H3. The molecule has 5 heteroatoms. The zero-order valence-corrected chi connectivity index (χ0v) is 11.8. The largest absolute Gasteiger partial charge is 0.360 e. The summed E-state index contributed by atoms with van der Waals surface area (Å²) in [5, 5.41) is 7.43. The van der Waals surface area contributed by atoms with Gasteiger partial charge >= 0.3 is 0 Å². The molecule has 1 atom stereocenters. The zero-order chi connectivity index (χ0) is 12.5. The fourth-order valence-electron chi connectivity index (χ4n) is 2.46. The number of thiophene rings is 1. The number of nitrogens with zero attached hydrogens (tertiary/aromatic N) is 1. The van der Waals surface area contributed by atoms with Crippen LogP contribution in [0, 0.1) is 6.92 Å². The van der Waals surface area contributed by atoms with E-state index in [1.165, 1.54) is 16.9 Å². The molecule has 0 aromatic carbocycles. The summed E-state index contributed by atoms with van der Waals surface area (Å²) in [6.07, 6.45) is 3.54. The van der Waals surface area contributed by atoms with Crippen LogP contribution < -0.4 is 5.32 Å². The summed E-state index contributed by atoms with van der Waals surface area (Å²) in [6.45, 7) is 2.66. The Morgan fingerprint density at radius 3 is 3.22 bits per heavy atom. The van der Waals surface area contributed by atoms with Crippen molar-refractivity contribution in [1.82, 2.24) is 10.5 Å². The van der Waals surface area contributed by atoms with Crippen LogP contribution in [0.1, 0.15) is 40.8 Å². The molecule has 0 saturated heterocycles. The maximum absolute atomic E-state index is 6.10. The van der Waals surface area contributed by atoms with Crippen LogP contribution in [-0.2, 0) is 13.0 Å². The van der Waals surface area contributed by atoms with E-state index in [-0.39, 0.29) is 0 Å². The van der Waals surface area contributed by atoms with Gasteiger partial charge in [0.05, 0.1) is 16.6 Å². The molecule has 0 radical (unpaired) electrons. The predicted molar refractivity (Wildman–Crippen MR) is 73.1 cm³/mol. The molecule has 2 aromatic rings. The normalized spacial score (nSPS) is 18.9. The van der Waals surface area contributed by atoms with Gasteiger partial charge in [0.25, 0.3) is 0 Å². The molecular formula is C13H15ClN2OS. The van der Waals surface area contributed by atoms with Crippen LogP contribution in [0.2, 0.25) is 4.34 Å². The quantitative estimate of drug-likeness (QED) is 0.929. The Morgan fingerprint density at radius 1 is 1.56 bits per heavy atom. The highest BCUT2D eigenvalue weighted by atomic mass is 35.5. The van der Waals surface area contributed by atoms with E-state index in [2.05, 4.69) is 16.5 Å². The third-order valence-electron chi connectivity index (χ3n) is 3.28. The van der Waals surface area contributed by atoms with E-state index in [9.17, 15) is 0 Å². The number of halogens is 1. The maximum atomic E-state index is 6.10. The van der Waals surface area contributed by atoms with Gasteiger partial charge in [-0.25, -0.2) is 0 Å². The van der Waals surface area contributed by atoms with Gasteiger partial charge in [0, 0.05) is 17.0 Å². The van der Waals surface area contributed by atoms with Gasteiger partial charge in [0.2, 0.25) is 0 Å². The zero-order valence-electron chi connectivity index (χ0n) is 10.2. The minimum Gasteiger partial charge on any atom is -0.360 e. The van der Waals surface area contributed by atoms with Crippen molar-refractivity contribution in [2.45, 2.75) is 38.8 Å². The first-order valence-corrected chi connectivity index (χ1v) is 7.35. The highest BCUT2D eigenvalue weighted by molar-refractivity contribution is 7.16. The van der Waals surface area contributed by atoms with Gasteiger partial charge in [0.1, 0.15) is 0 Å². The van der Waals surface area contributed by atoms with E-state index < -0.39 is 0 Å². The first kappa shape index (κ1) is 12.2. The fraction of sp³-hybridized carbons (Fsp3) is 0.462. The summed E-state index contributed by atoms with van der Waals surface area (Å²) in [4.78, 5) is 1.43. The van der Waals surface area contributed by atoms with Crippen molar-refractivity contribution in [3.63, 3.8) is 0 Å². The molecule has 0 aliphatic heterocycles. The van der Waals surface area contributed by atoms with Gasteiger partial charge in [-0.05, 0) is 37.8 Å². The number of nitrogens with one attached hydrogen (secondary N) is 1. The summed E-state index contributed by atoms with van der Waals surface area (Å²) in [5.41, 5.74) is 2.29. The number of aromatic nitrogens is 1. The molecule has 96 valence electrons. The second-order valence-electron chi connectivity index (χ2n) is 4.69. The first-order chi connectivity index (χ1) is 8.72. The molecule has 0 fully saturated rings. The maximum Gasteiger partial charge on any atom is 0.150 e. The molecule has 3 nitrogen and oxygen atoms in total. The van der Waals surface area contributed by atoms with E-state index in [0.29, 0.717) is 6.04 Å². The highest BCUT2D eigenvalue weighted by Crippen LogP contribution is 2.37. The first-order valence-electron chi connectivity index (χ1n) is 6.16. The van der Waals surface area contributed by atoms with Crippen LogP contribution in [0.4, 0.5) is 0 Å². The summed E-state index contributed by atoms with van der Waals surface area (Å²) >= 11 is 7.81. The van der Waals surface area contributed by atoms with Crippen molar-refractivity contribution in [2.24, 2.45) is 0 Å². The molecule has 1 unspecified atom stereocenters. The molecule has 0 spiro atoms. The lowest BCUT2D eigenvalue weighted by atomic mass is 9.94. The average molecular weight is 283 g/mol. The smallest absolute Gasteiger partial charge is 0.150 e. The second kappa shape index (κ2) is 5.03. The molecule has 0 amide bonds. The number of rotatable bonds is 3. The summed E-state index contributed by atoms with van der Waals surface area (Å²) in [5.74, 6) is 0.890. The molecule has 0 saturated carbocycles. The van der Waals surface area contributed by atoms with Gasteiger partial charge in [-0.1, -0.05) is 16.8 Å². The number of fused-ring (bicyclic) bond motifs is 1. The lowest BCUT2D eigenvalue weighted by Crippen LogP contribution is -2.23. The van der Waals surface area contributed by atoms with Crippen LogP contribution in [0.15, 0.2) is 16.7 Å². The van der Waals surface area contributed by atoms with Crippen LogP contribution in [0.3, 0.4) is 0 Å². The lowest BCUT2D eigenvalue weighted by Gasteiger charge is -2.23. The Morgan fingerprint density at radius 2 is 2.44 bits per heavy atom. The molecule has 1 aliphatic rings. The van der Waals surface area contributed by atoms with Crippen molar-refractivity contribution >= 4 is 22.9 Å². The summed E-state index contributed by atoms with van der Waals surface area (Å²) in [6, 6.07) is 4.46. The summed E-state index contributed by atoms with van der Waals surface area (Å²) in [7, 11) is 0. The van der Waals surface area contributed by atoms with E-state index in [1.54, 1.807) is 11.3 Å². The molecule has 3 rings (SSSR count). The monoisotopic (exact) mass is 282 g/mol. The molecule has 1 N–H and O–H groups in total. The second-order valence-corrected chi connectivity index (χ2v) is 6.46. The average Bonchev–Trinajstić information content (AvgIpc) is 2.91. The van der Waals surface area contributed by atoms with Gasteiger partial charge < -0.3 is 9.84 Å². The number of aryl methyl sites for hydroxylation is 2. The van der Waals surface area contributed by atoms with Crippen molar-refractivity contribution in [2.75, 3.05) is 0 Å². The fourth-order valence-corrected chi connectivity index (χ4v) is 3.84. The third-order valence-corrected chi connectivity index (χ3v) is 4.62. The Balaban J connectivity index is 1.70. The Kier molecular flexibility index (Phi) is 3.41. The van der Waals surface area contributed by atoms with Gasteiger partial charge in [-0.2, -0.15) is 0 Å². The SMILES string of the molecule is Cc1cc(CNC2CCCc3sc(Cl)cc32)on1. The Hall–Kier alpha value is -0.840. The molecule has 0 bridgehead atoms. The third kappa shape index (κ3) is 2.46. The van der Waals surface area contributed by atoms with E-state index in [1.807, 2.05) is 13.0 Å².